The van der Waals surface area contributed by atoms with E-state index < -0.39 is 0 Å². The van der Waals surface area contributed by atoms with E-state index in [-0.39, 0.29) is 6.04 Å². The smallest absolute Gasteiger partial charge is 0.148 e. The Balaban J connectivity index is 2.16. The molecule has 0 saturated carbocycles. The molecule has 1 atom stereocenters. The van der Waals surface area contributed by atoms with Crippen LogP contribution in [0.4, 0.5) is 0 Å². The van der Waals surface area contributed by atoms with Gasteiger partial charge in [-0.1, -0.05) is 19.1 Å². The Bertz CT molecular complexity index is 495. The largest absolute Gasteiger partial charge is 0.458 e. The van der Waals surface area contributed by atoms with Crippen molar-refractivity contribution in [2.24, 2.45) is 5.73 Å². The molecule has 0 aliphatic rings. The van der Waals surface area contributed by atoms with Crippen molar-refractivity contribution in [3.63, 3.8) is 0 Å². The van der Waals surface area contributed by atoms with E-state index in [2.05, 4.69) is 22.9 Å². The number of halogens is 1. The molecule has 1 aromatic carbocycles. The Morgan fingerprint density at radius 1 is 1.47 bits per heavy atom. The van der Waals surface area contributed by atoms with Crippen molar-refractivity contribution in [3.8, 4) is 0 Å². The molecule has 0 radical (unpaired) electrons. The molecule has 3 nitrogen and oxygen atoms in total. The summed E-state index contributed by atoms with van der Waals surface area (Å²) in [6, 6.07) is 7.70. The Labute approximate surface area is 109 Å². The molecule has 1 unspecified atom stereocenters. The SMILES string of the molecule is CCCOCC(N)c1cc2cccc(Br)c2o1. The minimum absolute atomic E-state index is 0.208. The molecule has 0 bridgehead atoms. The third kappa shape index (κ3) is 2.89. The number of hydrogen-bond donors (Lipinski definition) is 1. The second-order valence-corrected chi connectivity index (χ2v) is 4.84. The molecular formula is C13H16BrNO2. The first-order valence-electron chi connectivity index (χ1n) is 5.73. The van der Waals surface area contributed by atoms with Crippen LogP contribution in [0, 0.1) is 0 Å². The van der Waals surface area contributed by atoms with Gasteiger partial charge in [-0.2, -0.15) is 0 Å². The van der Waals surface area contributed by atoms with Crippen LogP contribution in [0.5, 0.6) is 0 Å². The van der Waals surface area contributed by atoms with E-state index in [1.54, 1.807) is 0 Å². The second kappa shape index (κ2) is 5.67. The van der Waals surface area contributed by atoms with Crippen LogP contribution < -0.4 is 5.73 Å². The van der Waals surface area contributed by atoms with Crippen LogP contribution in [-0.2, 0) is 4.74 Å². The fourth-order valence-corrected chi connectivity index (χ4v) is 2.13. The Hall–Kier alpha value is -0.840. The van der Waals surface area contributed by atoms with Gasteiger partial charge in [0.2, 0.25) is 0 Å². The maximum absolute atomic E-state index is 6.02. The molecule has 2 rings (SSSR count). The Kier molecular flexibility index (Phi) is 4.20. The lowest BCUT2D eigenvalue weighted by molar-refractivity contribution is 0.117. The normalized spacial score (nSPS) is 13.1. The Morgan fingerprint density at radius 3 is 3.00 bits per heavy atom. The van der Waals surface area contributed by atoms with Crippen LogP contribution >= 0.6 is 15.9 Å². The van der Waals surface area contributed by atoms with E-state index in [1.165, 1.54) is 0 Å². The van der Waals surface area contributed by atoms with Crippen molar-refractivity contribution in [2.75, 3.05) is 13.2 Å². The van der Waals surface area contributed by atoms with Crippen LogP contribution in [0.2, 0.25) is 0 Å². The van der Waals surface area contributed by atoms with Gasteiger partial charge in [-0.15, -0.1) is 0 Å². The van der Waals surface area contributed by atoms with E-state index in [9.17, 15) is 0 Å². The van der Waals surface area contributed by atoms with Crippen molar-refractivity contribution in [2.45, 2.75) is 19.4 Å². The summed E-state index contributed by atoms with van der Waals surface area (Å²) in [4.78, 5) is 0. The second-order valence-electron chi connectivity index (χ2n) is 3.99. The van der Waals surface area contributed by atoms with E-state index in [0.29, 0.717) is 6.61 Å². The zero-order valence-electron chi connectivity index (χ0n) is 9.78. The fraction of sp³-hybridized carbons (Fsp3) is 0.385. The molecule has 1 aromatic heterocycles. The van der Waals surface area contributed by atoms with Crippen molar-refractivity contribution in [3.05, 3.63) is 34.5 Å². The number of ether oxygens (including phenoxy) is 1. The molecule has 0 aliphatic carbocycles. The highest BCUT2D eigenvalue weighted by Crippen LogP contribution is 2.29. The number of benzene rings is 1. The van der Waals surface area contributed by atoms with Gasteiger partial charge in [0.05, 0.1) is 17.1 Å². The third-order valence-electron chi connectivity index (χ3n) is 2.53. The summed E-state index contributed by atoms with van der Waals surface area (Å²) in [5, 5.41) is 1.06. The molecular weight excluding hydrogens is 282 g/mol. The van der Waals surface area contributed by atoms with Crippen LogP contribution in [-0.4, -0.2) is 13.2 Å². The highest BCUT2D eigenvalue weighted by Gasteiger charge is 2.13. The standard InChI is InChI=1S/C13H16BrNO2/c1-2-6-16-8-11(15)12-7-9-4-3-5-10(14)13(9)17-12/h3-5,7,11H,2,6,8,15H2,1H3. The van der Waals surface area contributed by atoms with Gasteiger partial charge >= 0.3 is 0 Å². The predicted octanol–water partition coefficient (Wildman–Crippen LogP) is 3.62. The van der Waals surface area contributed by atoms with Crippen LogP contribution in [0.1, 0.15) is 25.1 Å². The van der Waals surface area contributed by atoms with Crippen LogP contribution in [0.3, 0.4) is 0 Å². The number of fused-ring (bicyclic) bond motifs is 1. The summed E-state index contributed by atoms with van der Waals surface area (Å²) in [6.07, 6.45) is 0.998. The lowest BCUT2D eigenvalue weighted by Gasteiger charge is -2.08. The number of para-hydroxylation sites is 1. The quantitative estimate of drug-likeness (QED) is 0.858. The lowest BCUT2D eigenvalue weighted by atomic mass is 10.2. The molecule has 1 heterocycles. The molecule has 4 heteroatoms. The molecule has 0 saturated heterocycles. The first-order valence-corrected chi connectivity index (χ1v) is 6.53. The lowest BCUT2D eigenvalue weighted by Crippen LogP contribution is -2.16. The number of furan rings is 1. The highest BCUT2D eigenvalue weighted by molar-refractivity contribution is 9.10. The summed E-state index contributed by atoms with van der Waals surface area (Å²) in [5.41, 5.74) is 6.86. The molecule has 92 valence electrons. The van der Waals surface area contributed by atoms with E-state index in [1.807, 2.05) is 24.3 Å². The maximum atomic E-state index is 6.02. The summed E-state index contributed by atoms with van der Waals surface area (Å²) in [6.45, 7) is 3.30. The van der Waals surface area contributed by atoms with E-state index in [0.717, 1.165) is 34.2 Å². The maximum Gasteiger partial charge on any atom is 0.148 e. The van der Waals surface area contributed by atoms with Crippen molar-refractivity contribution in [1.82, 2.24) is 0 Å². The van der Waals surface area contributed by atoms with Crippen LogP contribution in [0.15, 0.2) is 33.2 Å². The molecule has 0 fully saturated rings. The summed E-state index contributed by atoms with van der Waals surface area (Å²) in [7, 11) is 0. The number of rotatable bonds is 5. The molecule has 2 N–H and O–H groups in total. The van der Waals surface area contributed by atoms with E-state index >= 15 is 0 Å². The van der Waals surface area contributed by atoms with Gasteiger partial charge < -0.3 is 14.9 Å². The highest BCUT2D eigenvalue weighted by atomic mass is 79.9. The summed E-state index contributed by atoms with van der Waals surface area (Å²) >= 11 is 3.46. The van der Waals surface area contributed by atoms with Gasteiger partial charge in [-0.3, -0.25) is 0 Å². The van der Waals surface area contributed by atoms with Gasteiger partial charge in [-0.25, -0.2) is 0 Å². The van der Waals surface area contributed by atoms with Gasteiger partial charge in [0, 0.05) is 12.0 Å². The Morgan fingerprint density at radius 2 is 2.29 bits per heavy atom. The van der Waals surface area contributed by atoms with Crippen molar-refractivity contribution >= 4 is 26.9 Å². The average molecular weight is 298 g/mol. The van der Waals surface area contributed by atoms with Gasteiger partial charge in [0.1, 0.15) is 11.3 Å². The minimum Gasteiger partial charge on any atom is -0.458 e. The topological polar surface area (TPSA) is 48.4 Å². The molecule has 17 heavy (non-hydrogen) atoms. The van der Waals surface area contributed by atoms with Crippen molar-refractivity contribution in [1.29, 1.82) is 0 Å². The zero-order chi connectivity index (χ0) is 12.3. The number of hydrogen-bond acceptors (Lipinski definition) is 3. The summed E-state index contributed by atoms with van der Waals surface area (Å²) in [5.74, 6) is 0.767. The average Bonchev–Trinajstić information content (AvgIpc) is 2.75. The molecule has 2 aromatic rings. The van der Waals surface area contributed by atoms with Gasteiger partial charge in [0.25, 0.3) is 0 Å². The minimum atomic E-state index is -0.208. The number of nitrogens with two attached hydrogens (primary N) is 1. The monoisotopic (exact) mass is 297 g/mol. The summed E-state index contributed by atoms with van der Waals surface area (Å²) < 4.78 is 12.1. The molecule has 0 spiro atoms. The third-order valence-corrected chi connectivity index (χ3v) is 3.15. The van der Waals surface area contributed by atoms with Gasteiger partial charge in [-0.05, 0) is 34.5 Å². The zero-order valence-corrected chi connectivity index (χ0v) is 11.4. The molecule has 0 aliphatic heterocycles. The van der Waals surface area contributed by atoms with Crippen LogP contribution in [0.25, 0.3) is 11.0 Å². The fourth-order valence-electron chi connectivity index (χ4n) is 1.67. The first kappa shape index (κ1) is 12.6. The van der Waals surface area contributed by atoms with E-state index in [4.69, 9.17) is 14.9 Å². The van der Waals surface area contributed by atoms with Gasteiger partial charge in [0.15, 0.2) is 0 Å². The first-order chi connectivity index (χ1) is 8.22. The molecule has 0 amide bonds. The van der Waals surface area contributed by atoms with Crippen molar-refractivity contribution < 1.29 is 9.15 Å². The predicted molar refractivity (Wildman–Crippen MR) is 72.0 cm³/mol.